The van der Waals surface area contributed by atoms with Crippen LogP contribution in [-0.2, 0) is 4.74 Å². The summed E-state index contributed by atoms with van der Waals surface area (Å²) in [7, 11) is 4.83. The lowest BCUT2D eigenvalue weighted by Crippen LogP contribution is -2.32. The maximum Gasteiger partial charge on any atom is 0.276 e. The smallest absolute Gasteiger partial charge is 0.276 e. The second-order valence-corrected chi connectivity index (χ2v) is 4.07. The maximum absolute atomic E-state index is 10.8. The van der Waals surface area contributed by atoms with Gasteiger partial charge in [0, 0.05) is 27.7 Å². The van der Waals surface area contributed by atoms with Crippen LogP contribution in [0.5, 0.6) is 0 Å². The number of hydrogen-bond donors (Lipinski definition) is 2. The summed E-state index contributed by atoms with van der Waals surface area (Å²) in [5.74, 6) is 0.811. The molecule has 19 heavy (non-hydrogen) atoms. The van der Waals surface area contributed by atoms with E-state index in [9.17, 15) is 15.2 Å². The van der Waals surface area contributed by atoms with E-state index in [2.05, 4.69) is 10.3 Å². The number of nitrogens with zero attached hydrogens (tertiary/aromatic N) is 3. The standard InChI is InChI=1S/C11H18N4O4/c1-12-10-4-8(15(17)18)5-11(13-10)14(2)6-9(16)7-19-3/h4-5,9,16H,6-7H2,1-3H3,(H,12,13). The highest BCUT2D eigenvalue weighted by Gasteiger charge is 2.15. The number of anilines is 2. The van der Waals surface area contributed by atoms with Gasteiger partial charge >= 0.3 is 0 Å². The normalized spacial score (nSPS) is 12.0. The Bertz CT molecular complexity index is 441. The first-order chi connectivity index (χ1) is 8.97. The van der Waals surface area contributed by atoms with Crippen LogP contribution >= 0.6 is 0 Å². The molecule has 1 aromatic rings. The molecule has 0 radical (unpaired) electrons. The highest BCUT2D eigenvalue weighted by Crippen LogP contribution is 2.22. The summed E-state index contributed by atoms with van der Waals surface area (Å²) >= 11 is 0. The van der Waals surface area contributed by atoms with Gasteiger partial charge in [-0.25, -0.2) is 4.98 Å². The Kier molecular flexibility index (Phi) is 5.46. The van der Waals surface area contributed by atoms with Crippen molar-refractivity contribution in [1.82, 2.24) is 4.98 Å². The molecule has 0 bridgehead atoms. The van der Waals surface area contributed by atoms with Crippen LogP contribution in [0, 0.1) is 10.1 Å². The molecule has 0 aliphatic rings. The Balaban J connectivity index is 2.92. The molecule has 1 aromatic heterocycles. The molecule has 0 spiro atoms. The first kappa shape index (κ1) is 15.1. The molecule has 0 aliphatic heterocycles. The fourth-order valence-corrected chi connectivity index (χ4v) is 1.59. The van der Waals surface area contributed by atoms with Crippen molar-refractivity contribution in [3.63, 3.8) is 0 Å². The number of hydrogen-bond acceptors (Lipinski definition) is 7. The van der Waals surface area contributed by atoms with Gasteiger partial charge in [-0.1, -0.05) is 0 Å². The van der Waals surface area contributed by atoms with Crippen molar-refractivity contribution in [3.05, 3.63) is 22.2 Å². The number of pyridine rings is 1. The largest absolute Gasteiger partial charge is 0.389 e. The van der Waals surface area contributed by atoms with E-state index in [1.165, 1.54) is 19.2 Å². The molecule has 0 saturated heterocycles. The summed E-state index contributed by atoms with van der Waals surface area (Å²) in [4.78, 5) is 16.2. The molecule has 8 heteroatoms. The molecule has 1 heterocycles. The van der Waals surface area contributed by atoms with Crippen molar-refractivity contribution >= 4 is 17.3 Å². The first-order valence-electron chi connectivity index (χ1n) is 5.70. The molecule has 0 saturated carbocycles. The van der Waals surface area contributed by atoms with Gasteiger partial charge in [-0.3, -0.25) is 10.1 Å². The minimum absolute atomic E-state index is 0.0533. The topological polar surface area (TPSA) is 101 Å². The van der Waals surface area contributed by atoms with E-state index in [1.807, 2.05) is 0 Å². The molecule has 2 N–H and O–H groups in total. The highest BCUT2D eigenvalue weighted by molar-refractivity contribution is 5.55. The van der Waals surface area contributed by atoms with Gasteiger partial charge < -0.3 is 20.1 Å². The molecular weight excluding hydrogens is 252 g/mol. The quantitative estimate of drug-likeness (QED) is 0.548. The minimum Gasteiger partial charge on any atom is -0.389 e. The van der Waals surface area contributed by atoms with E-state index in [1.54, 1.807) is 19.0 Å². The van der Waals surface area contributed by atoms with Crippen LogP contribution < -0.4 is 10.2 Å². The fourth-order valence-electron chi connectivity index (χ4n) is 1.59. The zero-order valence-electron chi connectivity index (χ0n) is 11.2. The molecule has 1 unspecified atom stereocenters. The van der Waals surface area contributed by atoms with E-state index < -0.39 is 11.0 Å². The minimum atomic E-state index is -0.686. The maximum atomic E-state index is 10.8. The first-order valence-corrected chi connectivity index (χ1v) is 5.70. The van der Waals surface area contributed by atoms with Crippen molar-refractivity contribution in [3.8, 4) is 0 Å². The van der Waals surface area contributed by atoms with Gasteiger partial charge in [0.1, 0.15) is 11.6 Å². The molecule has 1 atom stereocenters. The second-order valence-electron chi connectivity index (χ2n) is 4.07. The van der Waals surface area contributed by atoms with E-state index in [0.717, 1.165) is 0 Å². The summed E-state index contributed by atoms with van der Waals surface area (Å²) in [6, 6.07) is 2.71. The zero-order valence-corrected chi connectivity index (χ0v) is 11.2. The highest BCUT2D eigenvalue weighted by atomic mass is 16.6. The van der Waals surface area contributed by atoms with Crippen LogP contribution in [0.4, 0.5) is 17.3 Å². The van der Waals surface area contributed by atoms with Gasteiger partial charge in [-0.15, -0.1) is 0 Å². The number of rotatable bonds is 7. The fraction of sp³-hybridized carbons (Fsp3) is 0.545. The van der Waals surface area contributed by atoms with Crippen molar-refractivity contribution in [2.75, 3.05) is 44.6 Å². The monoisotopic (exact) mass is 270 g/mol. The summed E-state index contributed by atoms with van der Waals surface area (Å²) in [5.41, 5.74) is -0.0533. The number of aliphatic hydroxyl groups is 1. The Hall–Kier alpha value is -1.93. The van der Waals surface area contributed by atoms with Crippen LogP contribution in [0.1, 0.15) is 0 Å². The third kappa shape index (κ3) is 4.34. The number of aliphatic hydroxyl groups excluding tert-OH is 1. The molecule has 0 aromatic carbocycles. The number of nitrogens with one attached hydrogen (secondary N) is 1. The second kappa shape index (κ2) is 6.86. The van der Waals surface area contributed by atoms with Crippen LogP contribution in [0.25, 0.3) is 0 Å². The van der Waals surface area contributed by atoms with E-state index in [-0.39, 0.29) is 18.8 Å². The third-order valence-electron chi connectivity index (χ3n) is 2.50. The zero-order chi connectivity index (χ0) is 14.4. The van der Waals surface area contributed by atoms with Gasteiger partial charge in [0.25, 0.3) is 5.69 Å². The average Bonchev–Trinajstić information content (AvgIpc) is 2.38. The molecule has 0 aliphatic carbocycles. The predicted molar refractivity (Wildman–Crippen MR) is 71.6 cm³/mol. The summed E-state index contributed by atoms with van der Waals surface area (Å²) in [5, 5.41) is 23.2. The summed E-state index contributed by atoms with van der Waals surface area (Å²) in [6.07, 6.45) is -0.686. The molecule has 106 valence electrons. The van der Waals surface area contributed by atoms with Crippen molar-refractivity contribution in [1.29, 1.82) is 0 Å². The summed E-state index contributed by atoms with van der Waals surface area (Å²) in [6.45, 7) is 0.462. The number of aromatic nitrogens is 1. The predicted octanol–water partition coefficient (Wildman–Crippen LogP) is 0.475. The van der Waals surface area contributed by atoms with Crippen LogP contribution in [-0.4, -0.2) is 55.5 Å². The van der Waals surface area contributed by atoms with Crippen LogP contribution in [0.15, 0.2) is 12.1 Å². The van der Waals surface area contributed by atoms with Gasteiger partial charge in [-0.05, 0) is 0 Å². The molecule has 0 fully saturated rings. The molecule has 8 nitrogen and oxygen atoms in total. The Labute approximate surface area is 111 Å². The average molecular weight is 270 g/mol. The lowest BCUT2D eigenvalue weighted by Gasteiger charge is -2.21. The van der Waals surface area contributed by atoms with Crippen LogP contribution in [0.2, 0.25) is 0 Å². The lowest BCUT2D eigenvalue weighted by atomic mass is 10.3. The summed E-state index contributed by atoms with van der Waals surface area (Å²) < 4.78 is 4.83. The van der Waals surface area contributed by atoms with Gasteiger partial charge in [-0.2, -0.15) is 0 Å². The van der Waals surface area contributed by atoms with Crippen molar-refractivity contribution in [2.45, 2.75) is 6.10 Å². The van der Waals surface area contributed by atoms with Gasteiger partial charge in [0.15, 0.2) is 0 Å². The van der Waals surface area contributed by atoms with E-state index in [4.69, 9.17) is 4.74 Å². The molecular formula is C11H18N4O4. The Morgan fingerprint density at radius 2 is 2.32 bits per heavy atom. The SMILES string of the molecule is CNc1cc([N+](=O)[O-])cc(N(C)CC(O)COC)n1. The molecule has 0 amide bonds. The molecule has 1 rings (SSSR count). The van der Waals surface area contributed by atoms with Crippen LogP contribution in [0.3, 0.4) is 0 Å². The van der Waals surface area contributed by atoms with Gasteiger partial charge in [0.05, 0.1) is 29.8 Å². The number of likely N-dealkylation sites (N-methyl/N-ethyl adjacent to an activating group) is 1. The Morgan fingerprint density at radius 1 is 1.63 bits per heavy atom. The van der Waals surface area contributed by atoms with E-state index in [0.29, 0.717) is 11.6 Å². The number of nitro groups is 1. The number of ether oxygens (including phenoxy) is 1. The lowest BCUT2D eigenvalue weighted by molar-refractivity contribution is -0.384. The van der Waals surface area contributed by atoms with E-state index >= 15 is 0 Å². The number of methoxy groups -OCH3 is 1. The van der Waals surface area contributed by atoms with Crippen molar-refractivity contribution < 1.29 is 14.8 Å². The van der Waals surface area contributed by atoms with Crippen molar-refractivity contribution in [2.24, 2.45) is 0 Å². The Morgan fingerprint density at radius 3 is 2.84 bits per heavy atom. The van der Waals surface area contributed by atoms with Gasteiger partial charge in [0.2, 0.25) is 0 Å². The third-order valence-corrected chi connectivity index (χ3v) is 2.50.